The molecule has 0 spiro atoms. The summed E-state index contributed by atoms with van der Waals surface area (Å²) in [5, 5.41) is 7.64. The molecule has 21 heavy (non-hydrogen) atoms. The fraction of sp³-hybridized carbons (Fsp3) is 0.500. The van der Waals surface area contributed by atoms with Crippen molar-refractivity contribution >= 4 is 11.4 Å². The first kappa shape index (κ1) is 15.4. The highest BCUT2D eigenvalue weighted by Crippen LogP contribution is 2.18. The highest BCUT2D eigenvalue weighted by molar-refractivity contribution is 5.55. The maximum Gasteiger partial charge on any atom is 0.146 e. The first-order valence-corrected chi connectivity index (χ1v) is 7.74. The Balaban J connectivity index is 1.96. The van der Waals surface area contributed by atoms with E-state index in [9.17, 15) is 0 Å². The average Bonchev–Trinajstić information content (AvgIpc) is 2.95. The Hall–Kier alpha value is -2.04. The fourth-order valence-corrected chi connectivity index (χ4v) is 2.38. The zero-order valence-corrected chi connectivity index (χ0v) is 13.2. The van der Waals surface area contributed by atoms with Gasteiger partial charge in [-0.3, -0.25) is 0 Å². The van der Waals surface area contributed by atoms with Gasteiger partial charge in [0.1, 0.15) is 12.2 Å². The van der Waals surface area contributed by atoms with Gasteiger partial charge in [0.15, 0.2) is 0 Å². The number of anilines is 2. The second kappa shape index (κ2) is 7.67. The quantitative estimate of drug-likeness (QED) is 0.810. The summed E-state index contributed by atoms with van der Waals surface area (Å²) in [5.41, 5.74) is 2.37. The lowest BCUT2D eigenvalue weighted by Gasteiger charge is -2.21. The molecule has 1 N–H and O–H groups in total. The number of nitrogens with zero attached hydrogens (tertiary/aromatic N) is 4. The van der Waals surface area contributed by atoms with Crippen LogP contribution < -0.4 is 10.2 Å². The summed E-state index contributed by atoms with van der Waals surface area (Å²) in [6.07, 6.45) is 2.69. The van der Waals surface area contributed by atoms with Gasteiger partial charge in [-0.05, 0) is 44.5 Å². The van der Waals surface area contributed by atoms with Crippen LogP contribution in [-0.4, -0.2) is 27.9 Å². The lowest BCUT2D eigenvalue weighted by Crippen LogP contribution is -2.21. The summed E-state index contributed by atoms with van der Waals surface area (Å²) in [6.45, 7) is 10.2. The van der Waals surface area contributed by atoms with Gasteiger partial charge in [0, 0.05) is 31.0 Å². The minimum absolute atomic E-state index is 0.699. The van der Waals surface area contributed by atoms with E-state index in [2.05, 4.69) is 65.3 Å². The Kier molecular flexibility index (Phi) is 5.60. The molecule has 0 saturated carbocycles. The molecule has 0 saturated heterocycles. The van der Waals surface area contributed by atoms with Crippen LogP contribution in [0.2, 0.25) is 0 Å². The second-order valence-electron chi connectivity index (χ2n) is 4.97. The van der Waals surface area contributed by atoms with Crippen LogP contribution in [0.1, 0.15) is 33.0 Å². The van der Waals surface area contributed by atoms with Crippen molar-refractivity contribution in [3.63, 3.8) is 0 Å². The Morgan fingerprint density at radius 2 is 1.81 bits per heavy atom. The molecule has 2 aromatic rings. The van der Waals surface area contributed by atoms with Crippen LogP contribution in [0, 0.1) is 0 Å². The standard InChI is InChI=1S/C16H25N5/c1-4-11-21-16(18-13-19-21)12-17-14-7-9-15(10-8-14)20(5-2)6-3/h7-10,13,17H,4-6,11-12H2,1-3H3. The smallest absolute Gasteiger partial charge is 0.146 e. The average molecular weight is 287 g/mol. The molecule has 0 aliphatic heterocycles. The molecule has 1 aromatic heterocycles. The van der Waals surface area contributed by atoms with E-state index in [0.717, 1.165) is 37.6 Å². The Bertz CT molecular complexity index is 528. The third-order valence-corrected chi connectivity index (χ3v) is 3.58. The SMILES string of the molecule is CCCn1ncnc1CNc1ccc(N(CC)CC)cc1. The zero-order valence-electron chi connectivity index (χ0n) is 13.2. The third-order valence-electron chi connectivity index (χ3n) is 3.58. The molecule has 1 heterocycles. The molecule has 0 fully saturated rings. The lowest BCUT2D eigenvalue weighted by molar-refractivity contribution is 0.574. The predicted octanol–water partition coefficient (Wildman–Crippen LogP) is 3.15. The maximum absolute atomic E-state index is 4.30. The van der Waals surface area contributed by atoms with E-state index in [4.69, 9.17) is 0 Å². The van der Waals surface area contributed by atoms with Gasteiger partial charge < -0.3 is 10.2 Å². The highest BCUT2D eigenvalue weighted by atomic mass is 15.3. The largest absolute Gasteiger partial charge is 0.378 e. The molecule has 0 unspecified atom stereocenters. The molecular weight excluding hydrogens is 262 g/mol. The molecule has 0 radical (unpaired) electrons. The molecule has 114 valence electrons. The van der Waals surface area contributed by atoms with E-state index in [-0.39, 0.29) is 0 Å². The van der Waals surface area contributed by atoms with Gasteiger partial charge in [-0.1, -0.05) is 6.92 Å². The summed E-state index contributed by atoms with van der Waals surface area (Å²) in [6, 6.07) is 8.56. The van der Waals surface area contributed by atoms with Crippen LogP contribution in [0.3, 0.4) is 0 Å². The van der Waals surface area contributed by atoms with Crippen LogP contribution in [0.4, 0.5) is 11.4 Å². The van der Waals surface area contributed by atoms with Gasteiger partial charge in [0.2, 0.25) is 0 Å². The van der Waals surface area contributed by atoms with E-state index in [0.29, 0.717) is 6.54 Å². The van der Waals surface area contributed by atoms with Crippen LogP contribution in [-0.2, 0) is 13.1 Å². The fourth-order valence-electron chi connectivity index (χ4n) is 2.38. The third kappa shape index (κ3) is 3.97. The van der Waals surface area contributed by atoms with Crippen LogP contribution in [0.25, 0.3) is 0 Å². The van der Waals surface area contributed by atoms with Crippen molar-refractivity contribution in [3.05, 3.63) is 36.4 Å². The Morgan fingerprint density at radius 1 is 1.10 bits per heavy atom. The molecule has 1 aromatic carbocycles. The van der Waals surface area contributed by atoms with E-state index in [1.54, 1.807) is 6.33 Å². The Morgan fingerprint density at radius 3 is 2.43 bits per heavy atom. The van der Waals surface area contributed by atoms with E-state index in [1.165, 1.54) is 5.69 Å². The summed E-state index contributed by atoms with van der Waals surface area (Å²) in [7, 11) is 0. The second-order valence-corrected chi connectivity index (χ2v) is 4.97. The zero-order chi connectivity index (χ0) is 15.1. The molecule has 0 bridgehead atoms. The first-order valence-electron chi connectivity index (χ1n) is 7.74. The number of aryl methyl sites for hydroxylation is 1. The number of benzene rings is 1. The molecule has 0 aliphatic rings. The van der Waals surface area contributed by atoms with Crippen LogP contribution >= 0.6 is 0 Å². The van der Waals surface area contributed by atoms with Gasteiger partial charge in [0.25, 0.3) is 0 Å². The molecule has 5 heteroatoms. The van der Waals surface area contributed by atoms with Crippen molar-refractivity contribution in [3.8, 4) is 0 Å². The van der Waals surface area contributed by atoms with Gasteiger partial charge in [0.05, 0.1) is 6.54 Å². The number of rotatable bonds is 8. The lowest BCUT2D eigenvalue weighted by atomic mass is 10.2. The number of nitrogens with one attached hydrogen (secondary N) is 1. The predicted molar refractivity (Wildman–Crippen MR) is 87.6 cm³/mol. The number of hydrogen-bond donors (Lipinski definition) is 1. The molecule has 0 atom stereocenters. The normalized spacial score (nSPS) is 10.6. The highest BCUT2D eigenvalue weighted by Gasteiger charge is 2.04. The summed E-state index contributed by atoms with van der Waals surface area (Å²) in [5.74, 6) is 0.977. The van der Waals surface area contributed by atoms with E-state index in [1.807, 2.05) is 4.68 Å². The van der Waals surface area contributed by atoms with E-state index >= 15 is 0 Å². The Labute approximate surface area is 127 Å². The van der Waals surface area contributed by atoms with Gasteiger partial charge in [-0.15, -0.1) is 0 Å². The summed E-state index contributed by atoms with van der Waals surface area (Å²) in [4.78, 5) is 6.64. The first-order chi connectivity index (χ1) is 10.3. The van der Waals surface area contributed by atoms with Gasteiger partial charge in [-0.25, -0.2) is 9.67 Å². The summed E-state index contributed by atoms with van der Waals surface area (Å²) >= 11 is 0. The van der Waals surface area contributed by atoms with Crippen molar-refractivity contribution < 1.29 is 0 Å². The van der Waals surface area contributed by atoms with Crippen molar-refractivity contribution in [2.45, 2.75) is 40.3 Å². The molecule has 5 nitrogen and oxygen atoms in total. The minimum atomic E-state index is 0.699. The van der Waals surface area contributed by atoms with Crippen molar-refractivity contribution in [1.29, 1.82) is 0 Å². The van der Waals surface area contributed by atoms with Gasteiger partial charge in [-0.2, -0.15) is 5.10 Å². The molecule has 0 amide bonds. The topological polar surface area (TPSA) is 46.0 Å². The molecule has 2 rings (SSSR count). The van der Waals surface area contributed by atoms with Crippen LogP contribution in [0.15, 0.2) is 30.6 Å². The molecular formula is C16H25N5. The van der Waals surface area contributed by atoms with E-state index < -0.39 is 0 Å². The van der Waals surface area contributed by atoms with Gasteiger partial charge >= 0.3 is 0 Å². The summed E-state index contributed by atoms with van der Waals surface area (Å²) < 4.78 is 1.96. The number of hydrogen-bond acceptors (Lipinski definition) is 4. The van der Waals surface area contributed by atoms with Crippen LogP contribution in [0.5, 0.6) is 0 Å². The molecule has 0 aliphatic carbocycles. The minimum Gasteiger partial charge on any atom is -0.378 e. The number of aromatic nitrogens is 3. The van der Waals surface area contributed by atoms with Crippen molar-refractivity contribution in [2.24, 2.45) is 0 Å². The van der Waals surface area contributed by atoms with Crippen molar-refractivity contribution in [1.82, 2.24) is 14.8 Å². The monoisotopic (exact) mass is 287 g/mol. The van der Waals surface area contributed by atoms with Crippen molar-refractivity contribution in [2.75, 3.05) is 23.3 Å². The maximum atomic E-state index is 4.30.